The molecule has 98 valence electrons. The van der Waals surface area contributed by atoms with Crippen molar-refractivity contribution in [1.29, 1.82) is 0 Å². The summed E-state index contributed by atoms with van der Waals surface area (Å²) in [4.78, 5) is 12.5. The van der Waals surface area contributed by atoms with Crippen LogP contribution in [0.4, 0.5) is 5.69 Å². The van der Waals surface area contributed by atoms with Gasteiger partial charge in [-0.25, -0.2) is 0 Å². The first-order chi connectivity index (χ1) is 9.22. The highest BCUT2D eigenvalue weighted by Gasteiger charge is 2.14. The summed E-state index contributed by atoms with van der Waals surface area (Å²) in [5.74, 6) is 1.16. The fourth-order valence-electron chi connectivity index (χ4n) is 1.75. The van der Waals surface area contributed by atoms with Gasteiger partial charge in [0.25, 0.3) is 5.91 Å². The maximum Gasteiger partial charge on any atom is 0.265 e. The molecule has 0 saturated carbocycles. The largest absolute Gasteiger partial charge is 0.486 e. The summed E-state index contributed by atoms with van der Waals surface area (Å²) >= 11 is 7.05. The molecule has 0 spiro atoms. The van der Waals surface area contributed by atoms with E-state index in [4.69, 9.17) is 21.1 Å². The summed E-state index contributed by atoms with van der Waals surface area (Å²) in [6.45, 7) is 1.07. The van der Waals surface area contributed by atoms with Crippen LogP contribution in [0.3, 0.4) is 0 Å². The van der Waals surface area contributed by atoms with Crippen LogP contribution in [0.5, 0.6) is 11.5 Å². The summed E-state index contributed by atoms with van der Waals surface area (Å²) in [6.07, 6.45) is 0. The summed E-state index contributed by atoms with van der Waals surface area (Å²) in [5.41, 5.74) is 0.666. The van der Waals surface area contributed by atoms with E-state index in [1.165, 1.54) is 11.3 Å². The molecule has 1 N–H and O–H groups in total. The number of anilines is 1. The van der Waals surface area contributed by atoms with Gasteiger partial charge in [-0.2, -0.15) is 0 Å². The van der Waals surface area contributed by atoms with Gasteiger partial charge in [-0.1, -0.05) is 11.6 Å². The Labute approximate surface area is 118 Å². The van der Waals surface area contributed by atoms with Crippen molar-refractivity contribution in [3.63, 3.8) is 0 Å². The minimum absolute atomic E-state index is 0.187. The van der Waals surface area contributed by atoms with Crippen LogP contribution in [0.15, 0.2) is 30.3 Å². The number of rotatable bonds is 2. The minimum atomic E-state index is -0.187. The maximum atomic E-state index is 12.0. The number of nitrogens with one attached hydrogen (secondary N) is 1. The van der Waals surface area contributed by atoms with Crippen molar-refractivity contribution in [2.45, 2.75) is 0 Å². The third-order valence-electron chi connectivity index (χ3n) is 2.60. The predicted molar refractivity (Wildman–Crippen MR) is 74.7 cm³/mol. The number of fused-ring (bicyclic) bond motifs is 1. The average Bonchev–Trinajstić information content (AvgIpc) is 2.85. The zero-order valence-corrected chi connectivity index (χ0v) is 11.4. The fourth-order valence-corrected chi connectivity index (χ4v) is 2.69. The molecule has 1 aromatic carbocycles. The molecular formula is C13H10ClNO3S. The van der Waals surface area contributed by atoms with Crippen molar-refractivity contribution < 1.29 is 14.3 Å². The Hall–Kier alpha value is -1.72. The molecule has 1 aromatic heterocycles. The molecule has 0 saturated heterocycles. The van der Waals surface area contributed by atoms with E-state index < -0.39 is 0 Å². The second-order valence-corrected chi connectivity index (χ2v) is 5.63. The maximum absolute atomic E-state index is 12.0. The van der Waals surface area contributed by atoms with Crippen LogP contribution in [0, 0.1) is 0 Å². The molecule has 4 nitrogen and oxygen atoms in total. The van der Waals surface area contributed by atoms with Gasteiger partial charge in [-0.3, -0.25) is 4.79 Å². The molecule has 1 aliphatic heterocycles. The van der Waals surface area contributed by atoms with Crippen molar-refractivity contribution in [3.05, 3.63) is 39.5 Å². The second-order valence-electron chi connectivity index (χ2n) is 3.92. The molecule has 6 heteroatoms. The average molecular weight is 296 g/mol. The lowest BCUT2D eigenvalue weighted by Crippen LogP contribution is -2.16. The van der Waals surface area contributed by atoms with Gasteiger partial charge in [0, 0.05) is 11.8 Å². The Balaban J connectivity index is 1.78. The number of carbonyl (C=O) groups is 1. The predicted octanol–water partition coefficient (Wildman–Crippen LogP) is 3.43. The van der Waals surface area contributed by atoms with Crippen molar-refractivity contribution in [3.8, 4) is 11.5 Å². The molecule has 0 unspecified atom stereocenters. The Morgan fingerprint density at radius 3 is 2.68 bits per heavy atom. The van der Waals surface area contributed by atoms with Gasteiger partial charge in [0.2, 0.25) is 0 Å². The lowest BCUT2D eigenvalue weighted by atomic mass is 10.2. The smallest absolute Gasteiger partial charge is 0.265 e. The van der Waals surface area contributed by atoms with E-state index in [1.807, 2.05) is 0 Å². The lowest BCUT2D eigenvalue weighted by molar-refractivity contribution is 0.103. The van der Waals surface area contributed by atoms with Crippen molar-refractivity contribution in [2.75, 3.05) is 18.5 Å². The number of carbonyl (C=O) groups excluding carboxylic acids is 1. The third kappa shape index (κ3) is 2.67. The van der Waals surface area contributed by atoms with E-state index in [1.54, 1.807) is 30.3 Å². The molecule has 0 aliphatic carbocycles. The van der Waals surface area contributed by atoms with Crippen LogP contribution in [-0.4, -0.2) is 19.1 Å². The number of ether oxygens (including phenoxy) is 2. The SMILES string of the molecule is O=C(Nc1ccc2c(c1)OCCO2)c1ccc(Cl)s1. The summed E-state index contributed by atoms with van der Waals surface area (Å²) in [6, 6.07) is 8.71. The minimum Gasteiger partial charge on any atom is -0.486 e. The van der Waals surface area contributed by atoms with Crippen molar-refractivity contribution in [1.82, 2.24) is 0 Å². The number of thiophene rings is 1. The van der Waals surface area contributed by atoms with E-state index in [9.17, 15) is 4.79 Å². The molecule has 0 radical (unpaired) electrons. The number of hydrogen-bond donors (Lipinski definition) is 1. The Morgan fingerprint density at radius 1 is 1.16 bits per heavy atom. The van der Waals surface area contributed by atoms with E-state index in [0.717, 1.165) is 0 Å². The summed E-state index contributed by atoms with van der Waals surface area (Å²) < 4.78 is 11.5. The number of halogens is 1. The number of amides is 1. The molecule has 0 atom stereocenters. The molecule has 2 heterocycles. The third-order valence-corrected chi connectivity index (χ3v) is 3.83. The lowest BCUT2D eigenvalue weighted by Gasteiger charge is -2.18. The summed E-state index contributed by atoms with van der Waals surface area (Å²) in [5, 5.41) is 2.80. The van der Waals surface area contributed by atoms with E-state index >= 15 is 0 Å². The van der Waals surface area contributed by atoms with E-state index in [2.05, 4.69) is 5.32 Å². The fraction of sp³-hybridized carbons (Fsp3) is 0.154. The molecule has 19 heavy (non-hydrogen) atoms. The zero-order valence-electron chi connectivity index (χ0n) is 9.81. The van der Waals surface area contributed by atoms with Gasteiger partial charge in [0.1, 0.15) is 13.2 Å². The highest BCUT2D eigenvalue weighted by molar-refractivity contribution is 7.18. The van der Waals surface area contributed by atoms with Crippen LogP contribution in [0.2, 0.25) is 4.34 Å². The zero-order chi connectivity index (χ0) is 13.2. The molecule has 1 aliphatic rings. The number of benzene rings is 1. The van der Waals surface area contributed by atoms with Gasteiger partial charge in [-0.05, 0) is 24.3 Å². The first-order valence-electron chi connectivity index (χ1n) is 5.69. The molecule has 0 fully saturated rings. The topological polar surface area (TPSA) is 47.6 Å². The monoisotopic (exact) mass is 295 g/mol. The van der Waals surface area contributed by atoms with Crippen LogP contribution in [-0.2, 0) is 0 Å². The van der Waals surface area contributed by atoms with Gasteiger partial charge >= 0.3 is 0 Å². The van der Waals surface area contributed by atoms with Crippen LogP contribution >= 0.6 is 22.9 Å². The van der Waals surface area contributed by atoms with Gasteiger partial charge < -0.3 is 14.8 Å². The van der Waals surface area contributed by atoms with Crippen molar-refractivity contribution in [2.24, 2.45) is 0 Å². The second kappa shape index (κ2) is 5.11. The Kier molecular flexibility index (Phi) is 3.31. The van der Waals surface area contributed by atoms with E-state index in [-0.39, 0.29) is 5.91 Å². The molecule has 3 rings (SSSR count). The van der Waals surface area contributed by atoms with Crippen LogP contribution in [0.25, 0.3) is 0 Å². The quantitative estimate of drug-likeness (QED) is 0.923. The molecule has 2 aromatic rings. The van der Waals surface area contributed by atoms with Gasteiger partial charge in [0.05, 0.1) is 9.21 Å². The number of hydrogen-bond acceptors (Lipinski definition) is 4. The van der Waals surface area contributed by atoms with Crippen LogP contribution < -0.4 is 14.8 Å². The first-order valence-corrected chi connectivity index (χ1v) is 6.88. The van der Waals surface area contributed by atoms with E-state index in [0.29, 0.717) is 39.6 Å². The van der Waals surface area contributed by atoms with Crippen LogP contribution in [0.1, 0.15) is 9.67 Å². The van der Waals surface area contributed by atoms with Gasteiger partial charge in [0.15, 0.2) is 11.5 Å². The van der Waals surface area contributed by atoms with Crippen molar-refractivity contribution >= 4 is 34.5 Å². The molecule has 1 amide bonds. The molecule has 0 bridgehead atoms. The Bertz CT molecular complexity index is 626. The van der Waals surface area contributed by atoms with Gasteiger partial charge in [-0.15, -0.1) is 11.3 Å². The highest BCUT2D eigenvalue weighted by Crippen LogP contribution is 2.33. The standard InChI is InChI=1S/C13H10ClNO3S/c14-12-4-3-11(19-12)13(16)15-8-1-2-9-10(7-8)18-6-5-17-9/h1-4,7H,5-6H2,(H,15,16). The summed E-state index contributed by atoms with van der Waals surface area (Å²) in [7, 11) is 0. The molecular weight excluding hydrogens is 286 g/mol. The highest BCUT2D eigenvalue weighted by atomic mass is 35.5. The normalized spacial score (nSPS) is 13.1. The first kappa shape index (κ1) is 12.3. The Morgan fingerprint density at radius 2 is 1.95 bits per heavy atom.